The molecule has 1 saturated carbocycles. The molecule has 1 aliphatic rings. The van der Waals surface area contributed by atoms with Crippen LogP contribution in [0.25, 0.3) is 10.9 Å². The van der Waals surface area contributed by atoms with E-state index in [1.807, 2.05) is 48.7 Å². The van der Waals surface area contributed by atoms with Crippen molar-refractivity contribution in [3.63, 3.8) is 0 Å². The number of rotatable bonds is 4. The average Bonchev–Trinajstić information content (AvgIpc) is 2.68. The Morgan fingerprint density at radius 1 is 1.15 bits per heavy atom. The highest BCUT2D eigenvalue weighted by Gasteiger charge is 2.34. The van der Waals surface area contributed by atoms with Gasteiger partial charge in [-0.25, -0.2) is 0 Å². The molecule has 0 spiro atoms. The van der Waals surface area contributed by atoms with Gasteiger partial charge in [0, 0.05) is 40.3 Å². The lowest BCUT2D eigenvalue weighted by Gasteiger charge is -2.38. The number of hydrogen-bond donors (Lipinski definition) is 3. The van der Waals surface area contributed by atoms with Gasteiger partial charge in [-0.3, -0.25) is 4.98 Å². The lowest BCUT2D eigenvalue weighted by atomic mass is 9.74. The quantitative estimate of drug-likeness (QED) is 0.623. The van der Waals surface area contributed by atoms with Crippen molar-refractivity contribution in [2.75, 3.05) is 0 Å². The molecule has 2 aromatic carbocycles. The standard InChI is InChI=1S/C22H24ClN3O/c23-16-5-6-18-19(9-12-25-20(18)13-16)22(24)10-7-17(8-11-22)26-14-15-3-1-2-4-21(15)27/h1-6,9,12-13,17,26-27H,7-8,10-11,14,24H2. The first-order valence-electron chi connectivity index (χ1n) is 9.39. The van der Waals surface area contributed by atoms with E-state index in [0.717, 1.165) is 47.7 Å². The minimum absolute atomic E-state index is 0.343. The summed E-state index contributed by atoms with van der Waals surface area (Å²) in [5, 5.41) is 15.3. The monoisotopic (exact) mass is 381 g/mol. The van der Waals surface area contributed by atoms with Crippen molar-refractivity contribution in [2.24, 2.45) is 5.73 Å². The first kappa shape index (κ1) is 18.2. The van der Waals surface area contributed by atoms with Crippen LogP contribution < -0.4 is 11.1 Å². The number of aromatic nitrogens is 1. The second kappa shape index (κ2) is 7.47. The molecule has 0 bridgehead atoms. The van der Waals surface area contributed by atoms with Crippen molar-refractivity contribution in [1.29, 1.82) is 0 Å². The van der Waals surface area contributed by atoms with E-state index >= 15 is 0 Å². The number of pyridine rings is 1. The second-order valence-corrected chi connectivity index (χ2v) is 7.90. The van der Waals surface area contributed by atoms with E-state index in [1.165, 1.54) is 0 Å². The number of nitrogens with one attached hydrogen (secondary N) is 1. The number of nitrogens with two attached hydrogens (primary N) is 1. The molecule has 0 amide bonds. The maximum absolute atomic E-state index is 9.92. The molecule has 0 unspecified atom stereocenters. The third kappa shape index (κ3) is 3.79. The molecular formula is C22H24ClN3O. The van der Waals surface area contributed by atoms with Gasteiger partial charge in [0.15, 0.2) is 0 Å². The van der Waals surface area contributed by atoms with Crippen LogP contribution in [0.5, 0.6) is 5.75 Å². The lowest BCUT2D eigenvalue weighted by Crippen LogP contribution is -2.45. The number of aromatic hydroxyl groups is 1. The molecule has 0 aliphatic heterocycles. The zero-order chi connectivity index (χ0) is 18.9. The van der Waals surface area contributed by atoms with Crippen LogP contribution in [-0.2, 0) is 12.1 Å². The van der Waals surface area contributed by atoms with Gasteiger partial charge in [-0.05, 0) is 55.5 Å². The Morgan fingerprint density at radius 2 is 1.93 bits per heavy atom. The van der Waals surface area contributed by atoms with Crippen molar-refractivity contribution in [3.8, 4) is 5.75 Å². The maximum Gasteiger partial charge on any atom is 0.120 e. The van der Waals surface area contributed by atoms with Crippen molar-refractivity contribution in [3.05, 3.63) is 70.9 Å². The van der Waals surface area contributed by atoms with Crippen molar-refractivity contribution < 1.29 is 5.11 Å². The highest BCUT2D eigenvalue weighted by atomic mass is 35.5. The van der Waals surface area contributed by atoms with E-state index in [4.69, 9.17) is 17.3 Å². The van der Waals surface area contributed by atoms with Crippen LogP contribution in [0, 0.1) is 0 Å². The van der Waals surface area contributed by atoms with E-state index in [9.17, 15) is 5.11 Å². The first-order chi connectivity index (χ1) is 13.0. The van der Waals surface area contributed by atoms with Crippen LogP contribution in [0.1, 0.15) is 36.8 Å². The van der Waals surface area contributed by atoms with Crippen LogP contribution >= 0.6 is 11.6 Å². The van der Waals surface area contributed by atoms with Crippen LogP contribution in [0.4, 0.5) is 0 Å². The third-order valence-corrected chi connectivity index (χ3v) is 5.93. The Bertz CT molecular complexity index is 951. The summed E-state index contributed by atoms with van der Waals surface area (Å²) >= 11 is 6.11. The first-order valence-corrected chi connectivity index (χ1v) is 9.77. The Hall–Kier alpha value is -2.14. The summed E-state index contributed by atoms with van der Waals surface area (Å²) < 4.78 is 0. The van der Waals surface area contributed by atoms with Gasteiger partial charge in [0.05, 0.1) is 5.52 Å². The fraction of sp³-hybridized carbons (Fsp3) is 0.318. The van der Waals surface area contributed by atoms with Gasteiger partial charge < -0.3 is 16.2 Å². The normalized spacial score (nSPS) is 22.8. The summed E-state index contributed by atoms with van der Waals surface area (Å²) in [5.41, 5.74) is 9.48. The summed E-state index contributed by atoms with van der Waals surface area (Å²) in [6.45, 7) is 0.672. The van der Waals surface area contributed by atoms with Crippen molar-refractivity contribution in [2.45, 2.75) is 43.8 Å². The molecule has 4 rings (SSSR count). The Morgan fingerprint density at radius 3 is 2.70 bits per heavy atom. The number of phenols is 1. The van der Waals surface area contributed by atoms with E-state index in [-0.39, 0.29) is 5.54 Å². The predicted molar refractivity (Wildman–Crippen MR) is 110 cm³/mol. The Labute approximate surface area is 164 Å². The topological polar surface area (TPSA) is 71.2 Å². The molecule has 27 heavy (non-hydrogen) atoms. The largest absolute Gasteiger partial charge is 0.508 e. The molecule has 0 saturated heterocycles. The van der Waals surface area contributed by atoms with Gasteiger partial charge in [-0.1, -0.05) is 35.9 Å². The molecule has 1 heterocycles. The molecule has 1 fully saturated rings. The molecule has 140 valence electrons. The highest BCUT2D eigenvalue weighted by molar-refractivity contribution is 6.31. The summed E-state index contributed by atoms with van der Waals surface area (Å²) in [6.07, 6.45) is 5.65. The smallest absolute Gasteiger partial charge is 0.120 e. The highest BCUT2D eigenvalue weighted by Crippen LogP contribution is 2.38. The van der Waals surface area contributed by atoms with Gasteiger partial charge in [0.1, 0.15) is 5.75 Å². The fourth-order valence-electron chi connectivity index (χ4n) is 4.08. The zero-order valence-electron chi connectivity index (χ0n) is 15.2. The minimum atomic E-state index is -0.345. The van der Waals surface area contributed by atoms with Crippen LogP contribution in [0.15, 0.2) is 54.7 Å². The van der Waals surface area contributed by atoms with Crippen molar-refractivity contribution >= 4 is 22.5 Å². The number of nitrogens with zero attached hydrogens (tertiary/aromatic N) is 1. The number of halogens is 1. The van der Waals surface area contributed by atoms with E-state index in [2.05, 4.69) is 10.3 Å². The molecule has 1 aromatic heterocycles. The summed E-state index contributed by atoms with van der Waals surface area (Å²) in [4.78, 5) is 4.44. The Balaban J connectivity index is 1.46. The molecule has 1 aliphatic carbocycles. The summed E-state index contributed by atoms with van der Waals surface area (Å²) in [5.74, 6) is 0.343. The summed E-state index contributed by atoms with van der Waals surface area (Å²) in [7, 11) is 0. The van der Waals surface area contributed by atoms with E-state index in [1.54, 1.807) is 6.07 Å². The molecule has 3 aromatic rings. The van der Waals surface area contributed by atoms with E-state index in [0.29, 0.717) is 23.4 Å². The van der Waals surface area contributed by atoms with Crippen LogP contribution in [0.2, 0.25) is 5.02 Å². The molecule has 5 heteroatoms. The van der Waals surface area contributed by atoms with E-state index < -0.39 is 0 Å². The van der Waals surface area contributed by atoms with Crippen molar-refractivity contribution in [1.82, 2.24) is 10.3 Å². The SMILES string of the molecule is NC1(c2ccnc3cc(Cl)ccc23)CCC(NCc2ccccc2O)CC1. The molecule has 4 nitrogen and oxygen atoms in total. The average molecular weight is 382 g/mol. The van der Waals surface area contributed by atoms with Gasteiger partial charge >= 0.3 is 0 Å². The molecule has 0 radical (unpaired) electrons. The van der Waals surface area contributed by atoms with Gasteiger partial charge in [0.2, 0.25) is 0 Å². The van der Waals surface area contributed by atoms with Gasteiger partial charge in [-0.2, -0.15) is 0 Å². The molecule has 0 atom stereocenters. The number of hydrogen-bond acceptors (Lipinski definition) is 4. The number of benzene rings is 2. The predicted octanol–water partition coefficient (Wildman–Crippen LogP) is 4.48. The Kier molecular flexibility index (Phi) is 5.04. The number of para-hydroxylation sites is 1. The van der Waals surface area contributed by atoms with Gasteiger partial charge in [-0.15, -0.1) is 0 Å². The van der Waals surface area contributed by atoms with Crippen LogP contribution in [0.3, 0.4) is 0 Å². The minimum Gasteiger partial charge on any atom is -0.508 e. The molecule has 4 N–H and O–H groups in total. The van der Waals surface area contributed by atoms with Gasteiger partial charge in [0.25, 0.3) is 0 Å². The molecular weight excluding hydrogens is 358 g/mol. The fourth-order valence-corrected chi connectivity index (χ4v) is 4.24. The second-order valence-electron chi connectivity index (χ2n) is 7.46. The number of fused-ring (bicyclic) bond motifs is 1. The number of phenolic OH excluding ortho intramolecular Hbond substituents is 1. The maximum atomic E-state index is 9.92. The van der Waals surface area contributed by atoms with Crippen LogP contribution in [-0.4, -0.2) is 16.1 Å². The zero-order valence-corrected chi connectivity index (χ0v) is 15.9. The third-order valence-electron chi connectivity index (χ3n) is 5.69. The lowest BCUT2D eigenvalue weighted by molar-refractivity contribution is 0.252. The summed E-state index contributed by atoms with van der Waals surface area (Å²) in [6, 6.07) is 15.7.